The van der Waals surface area contributed by atoms with Gasteiger partial charge in [-0.2, -0.15) is 0 Å². The molecule has 0 bridgehead atoms. The second-order valence-corrected chi connectivity index (χ2v) is 6.01. The Morgan fingerprint density at radius 2 is 2.13 bits per heavy atom. The Morgan fingerprint density at radius 3 is 2.91 bits per heavy atom. The Bertz CT molecular complexity index is 689. The van der Waals surface area contributed by atoms with Gasteiger partial charge >= 0.3 is 0 Å². The molecule has 0 spiro atoms. The molecule has 0 aromatic carbocycles. The predicted molar refractivity (Wildman–Crippen MR) is 88.6 cm³/mol. The minimum absolute atomic E-state index is 0.0460. The van der Waals surface area contributed by atoms with Crippen molar-refractivity contribution in [1.29, 1.82) is 0 Å². The molecule has 23 heavy (non-hydrogen) atoms. The maximum atomic E-state index is 12.2. The van der Waals surface area contributed by atoms with Gasteiger partial charge in [0.2, 0.25) is 5.91 Å². The van der Waals surface area contributed by atoms with Crippen molar-refractivity contribution in [1.82, 2.24) is 19.6 Å². The van der Waals surface area contributed by atoms with E-state index < -0.39 is 0 Å². The molecule has 6 nitrogen and oxygen atoms in total. The number of rotatable bonds is 5. The fourth-order valence-electron chi connectivity index (χ4n) is 2.97. The van der Waals surface area contributed by atoms with Gasteiger partial charge in [0.1, 0.15) is 5.65 Å². The zero-order valence-corrected chi connectivity index (χ0v) is 13.8. The number of carbonyl (C=O) groups excluding carboxylic acids is 1. The van der Waals surface area contributed by atoms with Crippen LogP contribution in [0.4, 0.5) is 0 Å². The predicted octanol–water partition coefficient (Wildman–Crippen LogP) is 0.942. The van der Waals surface area contributed by atoms with Crippen LogP contribution in [-0.4, -0.2) is 59.6 Å². The van der Waals surface area contributed by atoms with Crippen LogP contribution < -0.4 is 5.32 Å². The van der Waals surface area contributed by atoms with E-state index in [9.17, 15) is 4.79 Å². The molecule has 0 unspecified atom stereocenters. The average Bonchev–Trinajstić information content (AvgIpc) is 2.86. The van der Waals surface area contributed by atoms with Crippen molar-refractivity contribution < 1.29 is 9.53 Å². The Kier molecular flexibility index (Phi) is 4.93. The smallest absolute Gasteiger partial charge is 0.226 e. The lowest BCUT2D eigenvalue weighted by molar-refractivity contribution is -0.120. The number of imidazole rings is 1. The van der Waals surface area contributed by atoms with Crippen LogP contribution in [0.5, 0.6) is 0 Å². The van der Waals surface area contributed by atoms with E-state index in [1.54, 1.807) is 0 Å². The van der Waals surface area contributed by atoms with Gasteiger partial charge in [-0.1, -0.05) is 6.07 Å². The summed E-state index contributed by atoms with van der Waals surface area (Å²) in [6.07, 6.45) is 2.33. The first-order valence-electron chi connectivity index (χ1n) is 8.15. The summed E-state index contributed by atoms with van der Waals surface area (Å²) >= 11 is 0. The van der Waals surface area contributed by atoms with Crippen LogP contribution in [0.2, 0.25) is 0 Å². The van der Waals surface area contributed by atoms with E-state index in [1.165, 1.54) is 0 Å². The highest BCUT2D eigenvalue weighted by molar-refractivity contribution is 5.78. The summed E-state index contributed by atoms with van der Waals surface area (Å²) < 4.78 is 7.34. The molecule has 2 aromatic heterocycles. The Hall–Kier alpha value is -1.92. The number of morpholine rings is 1. The minimum Gasteiger partial charge on any atom is -0.379 e. The van der Waals surface area contributed by atoms with E-state index in [-0.39, 0.29) is 5.91 Å². The molecule has 1 N–H and O–H groups in total. The van der Waals surface area contributed by atoms with Crippen LogP contribution in [0.1, 0.15) is 17.0 Å². The van der Waals surface area contributed by atoms with Crippen LogP contribution in [0, 0.1) is 13.8 Å². The number of hydrogen-bond acceptors (Lipinski definition) is 4. The van der Waals surface area contributed by atoms with Gasteiger partial charge in [0.15, 0.2) is 0 Å². The minimum atomic E-state index is 0.0460. The van der Waals surface area contributed by atoms with Crippen molar-refractivity contribution in [3.05, 3.63) is 35.3 Å². The van der Waals surface area contributed by atoms with E-state index in [2.05, 4.69) is 15.2 Å². The van der Waals surface area contributed by atoms with Gasteiger partial charge in [0.05, 0.1) is 31.0 Å². The molecule has 0 atom stereocenters. The summed E-state index contributed by atoms with van der Waals surface area (Å²) in [6.45, 7) is 9.01. The van der Waals surface area contributed by atoms with E-state index >= 15 is 0 Å². The number of amides is 1. The monoisotopic (exact) mass is 316 g/mol. The number of carbonyl (C=O) groups is 1. The van der Waals surface area contributed by atoms with Crippen LogP contribution in [-0.2, 0) is 16.0 Å². The highest BCUT2D eigenvalue weighted by Crippen LogP contribution is 2.15. The summed E-state index contributed by atoms with van der Waals surface area (Å²) in [6, 6.07) is 4.03. The summed E-state index contributed by atoms with van der Waals surface area (Å²) in [5.41, 5.74) is 3.94. The first-order chi connectivity index (χ1) is 11.1. The quantitative estimate of drug-likeness (QED) is 0.892. The van der Waals surface area contributed by atoms with Crippen LogP contribution in [0.15, 0.2) is 18.3 Å². The lowest BCUT2D eigenvalue weighted by Crippen LogP contribution is -2.41. The zero-order chi connectivity index (χ0) is 16.2. The summed E-state index contributed by atoms with van der Waals surface area (Å²) in [5.74, 6) is 0.0460. The van der Waals surface area contributed by atoms with Crippen LogP contribution >= 0.6 is 0 Å². The van der Waals surface area contributed by atoms with Gasteiger partial charge in [0, 0.05) is 32.4 Å². The molecule has 1 aliphatic heterocycles. The molecule has 1 amide bonds. The van der Waals surface area contributed by atoms with Crippen molar-refractivity contribution in [3.63, 3.8) is 0 Å². The third-order valence-electron chi connectivity index (χ3n) is 4.33. The van der Waals surface area contributed by atoms with Crippen molar-refractivity contribution >= 4 is 11.6 Å². The SMILES string of the molecule is Cc1nc2c(C)cccn2c1CC(=O)NCCN1CCOCC1. The van der Waals surface area contributed by atoms with Crippen molar-refractivity contribution in [2.45, 2.75) is 20.3 Å². The lowest BCUT2D eigenvalue weighted by Gasteiger charge is -2.26. The van der Waals surface area contributed by atoms with Crippen molar-refractivity contribution in [2.24, 2.45) is 0 Å². The number of nitrogens with zero attached hydrogens (tertiary/aromatic N) is 3. The molecule has 1 aliphatic rings. The van der Waals surface area contributed by atoms with Gasteiger partial charge < -0.3 is 14.5 Å². The van der Waals surface area contributed by atoms with Crippen molar-refractivity contribution in [2.75, 3.05) is 39.4 Å². The van der Waals surface area contributed by atoms with Gasteiger partial charge in [0.25, 0.3) is 0 Å². The van der Waals surface area contributed by atoms with Crippen LogP contribution in [0.3, 0.4) is 0 Å². The molecule has 0 saturated carbocycles. The van der Waals surface area contributed by atoms with Gasteiger partial charge in [-0.25, -0.2) is 4.98 Å². The van der Waals surface area contributed by atoms with E-state index in [0.29, 0.717) is 13.0 Å². The van der Waals surface area contributed by atoms with Crippen molar-refractivity contribution in [3.8, 4) is 0 Å². The molecule has 1 saturated heterocycles. The Labute approximate surface area is 136 Å². The van der Waals surface area contributed by atoms with Crippen LogP contribution in [0.25, 0.3) is 5.65 Å². The molecular formula is C17H24N4O2. The van der Waals surface area contributed by atoms with Gasteiger partial charge in [-0.05, 0) is 25.5 Å². The third-order valence-corrected chi connectivity index (χ3v) is 4.33. The first kappa shape index (κ1) is 16.0. The fourth-order valence-corrected chi connectivity index (χ4v) is 2.97. The number of nitrogens with one attached hydrogen (secondary N) is 1. The number of pyridine rings is 1. The maximum absolute atomic E-state index is 12.2. The molecule has 1 fully saturated rings. The number of hydrogen-bond donors (Lipinski definition) is 1. The summed E-state index contributed by atoms with van der Waals surface area (Å²) in [7, 11) is 0. The van der Waals surface area contributed by atoms with E-state index in [4.69, 9.17) is 4.74 Å². The van der Waals surface area contributed by atoms with Gasteiger partial charge in [-0.15, -0.1) is 0 Å². The third kappa shape index (κ3) is 3.71. The zero-order valence-electron chi connectivity index (χ0n) is 13.8. The Balaban J connectivity index is 1.57. The largest absolute Gasteiger partial charge is 0.379 e. The molecule has 3 rings (SSSR count). The number of ether oxygens (including phenoxy) is 1. The molecule has 0 radical (unpaired) electrons. The molecule has 124 valence electrons. The van der Waals surface area contributed by atoms with E-state index in [1.807, 2.05) is 36.6 Å². The molecule has 2 aromatic rings. The first-order valence-corrected chi connectivity index (χ1v) is 8.15. The maximum Gasteiger partial charge on any atom is 0.226 e. The number of fused-ring (bicyclic) bond motifs is 1. The normalized spacial score (nSPS) is 15.9. The standard InChI is InChI=1S/C17H24N4O2/c1-13-4-3-6-21-15(14(2)19-17(13)21)12-16(22)18-5-7-20-8-10-23-11-9-20/h3-4,6H,5,7-12H2,1-2H3,(H,18,22). The Morgan fingerprint density at radius 1 is 1.35 bits per heavy atom. The molecular weight excluding hydrogens is 292 g/mol. The number of aryl methyl sites for hydroxylation is 2. The second kappa shape index (κ2) is 7.10. The highest BCUT2D eigenvalue weighted by Gasteiger charge is 2.14. The van der Waals surface area contributed by atoms with E-state index in [0.717, 1.165) is 55.4 Å². The number of aromatic nitrogens is 2. The summed E-state index contributed by atoms with van der Waals surface area (Å²) in [4.78, 5) is 19.1. The second-order valence-electron chi connectivity index (χ2n) is 6.01. The molecule has 0 aliphatic carbocycles. The van der Waals surface area contributed by atoms with Gasteiger partial charge in [-0.3, -0.25) is 9.69 Å². The molecule has 6 heteroatoms. The topological polar surface area (TPSA) is 58.9 Å². The molecule has 3 heterocycles. The summed E-state index contributed by atoms with van der Waals surface area (Å²) in [5, 5.41) is 3.01. The average molecular weight is 316 g/mol. The highest BCUT2D eigenvalue weighted by atomic mass is 16.5. The lowest BCUT2D eigenvalue weighted by atomic mass is 10.2. The fraction of sp³-hybridized carbons (Fsp3) is 0.529.